The van der Waals surface area contributed by atoms with E-state index in [1.807, 2.05) is 32.0 Å². The molecule has 0 saturated carbocycles. The van der Waals surface area contributed by atoms with Gasteiger partial charge in [-0.2, -0.15) is 0 Å². The summed E-state index contributed by atoms with van der Waals surface area (Å²) in [6.07, 6.45) is 1.36. The maximum absolute atomic E-state index is 12.2. The summed E-state index contributed by atoms with van der Waals surface area (Å²) in [6, 6.07) is 8.73. The molecule has 1 aromatic heterocycles. The molecule has 2 rings (SSSR count). The molecule has 20 heavy (non-hydrogen) atoms. The van der Waals surface area contributed by atoms with E-state index in [-0.39, 0.29) is 11.5 Å². The summed E-state index contributed by atoms with van der Waals surface area (Å²) in [6.45, 7) is 3.87. The minimum absolute atomic E-state index is 0.108. The Labute approximate surface area is 118 Å². The van der Waals surface area contributed by atoms with Crippen molar-refractivity contribution in [2.75, 3.05) is 4.72 Å². The van der Waals surface area contributed by atoms with Crippen LogP contribution in [0.4, 0.5) is 5.69 Å². The Bertz CT molecular complexity index is 690. The molecule has 0 spiro atoms. The lowest BCUT2D eigenvalue weighted by atomic mass is 10.0. The highest BCUT2D eigenvalue weighted by atomic mass is 32.2. The highest BCUT2D eigenvalue weighted by Gasteiger charge is 2.16. The largest absolute Gasteiger partial charge is 0.390 e. The normalized spacial score (nSPS) is 11.8. The predicted molar refractivity (Wildman–Crippen MR) is 78.1 cm³/mol. The average molecular weight is 294 g/mol. The number of rotatable bonds is 5. The summed E-state index contributed by atoms with van der Waals surface area (Å²) < 4.78 is 26.9. The highest BCUT2D eigenvalue weighted by molar-refractivity contribution is 7.92. The van der Waals surface area contributed by atoms with Gasteiger partial charge in [0.25, 0.3) is 10.0 Å². The Morgan fingerprint density at radius 1 is 1.30 bits per heavy atom. The fourth-order valence-corrected chi connectivity index (χ4v) is 2.91. The van der Waals surface area contributed by atoms with Crippen molar-refractivity contribution in [3.63, 3.8) is 0 Å². The molecular formula is C14H18N2O3S. The van der Waals surface area contributed by atoms with E-state index >= 15 is 0 Å². The molecule has 6 heteroatoms. The zero-order valence-corrected chi connectivity index (χ0v) is 12.2. The quantitative estimate of drug-likeness (QED) is 0.792. The third kappa shape index (κ3) is 3.20. The lowest BCUT2D eigenvalue weighted by molar-refractivity contribution is 0.277. The Kier molecular flexibility index (Phi) is 4.15. The van der Waals surface area contributed by atoms with Crippen molar-refractivity contribution in [3.8, 4) is 0 Å². The van der Waals surface area contributed by atoms with E-state index < -0.39 is 10.0 Å². The van der Waals surface area contributed by atoms with Gasteiger partial charge >= 0.3 is 0 Å². The van der Waals surface area contributed by atoms with Crippen LogP contribution in [0.15, 0.2) is 41.4 Å². The van der Waals surface area contributed by atoms with Gasteiger partial charge in [-0.05, 0) is 29.7 Å². The summed E-state index contributed by atoms with van der Waals surface area (Å²) in [4.78, 5) is 2.82. The lowest BCUT2D eigenvalue weighted by Crippen LogP contribution is -2.12. The molecule has 0 aliphatic rings. The van der Waals surface area contributed by atoms with Gasteiger partial charge in [-0.25, -0.2) is 8.42 Å². The van der Waals surface area contributed by atoms with Crippen molar-refractivity contribution in [2.45, 2.75) is 31.3 Å². The summed E-state index contributed by atoms with van der Waals surface area (Å²) >= 11 is 0. The topological polar surface area (TPSA) is 82.2 Å². The van der Waals surface area contributed by atoms with Crippen LogP contribution < -0.4 is 4.72 Å². The number of anilines is 1. The maximum Gasteiger partial charge on any atom is 0.263 e. The van der Waals surface area contributed by atoms with Gasteiger partial charge in [0.05, 0.1) is 6.61 Å². The number of aromatic nitrogens is 1. The molecule has 0 fully saturated rings. The molecule has 0 aliphatic heterocycles. The minimum atomic E-state index is -3.64. The van der Waals surface area contributed by atoms with E-state index in [1.165, 1.54) is 12.3 Å². The van der Waals surface area contributed by atoms with E-state index in [0.717, 1.165) is 5.56 Å². The molecule has 0 saturated heterocycles. The number of hydrogen-bond donors (Lipinski definition) is 3. The first-order chi connectivity index (χ1) is 9.42. The van der Waals surface area contributed by atoms with Gasteiger partial charge in [0, 0.05) is 17.6 Å². The van der Waals surface area contributed by atoms with Crippen LogP contribution in [0.2, 0.25) is 0 Å². The van der Waals surface area contributed by atoms with Crippen LogP contribution in [-0.2, 0) is 16.6 Å². The number of aliphatic hydroxyl groups excluding tert-OH is 1. The van der Waals surface area contributed by atoms with Crippen molar-refractivity contribution in [1.29, 1.82) is 0 Å². The molecule has 0 bridgehead atoms. The number of benzene rings is 1. The monoisotopic (exact) mass is 294 g/mol. The van der Waals surface area contributed by atoms with Gasteiger partial charge in [0.15, 0.2) is 0 Å². The van der Waals surface area contributed by atoms with Gasteiger partial charge in [-0.15, -0.1) is 0 Å². The third-order valence-electron chi connectivity index (χ3n) is 3.00. The predicted octanol–water partition coefficient (Wildman–Crippen LogP) is 2.43. The summed E-state index contributed by atoms with van der Waals surface area (Å²) in [5.41, 5.74) is 2.06. The second kappa shape index (κ2) is 5.68. The zero-order chi connectivity index (χ0) is 14.8. The molecule has 0 aliphatic carbocycles. The van der Waals surface area contributed by atoms with Crippen LogP contribution in [0.1, 0.15) is 31.0 Å². The fraction of sp³-hybridized carbons (Fsp3) is 0.286. The third-order valence-corrected chi connectivity index (χ3v) is 4.36. The van der Waals surface area contributed by atoms with Gasteiger partial charge < -0.3 is 10.1 Å². The Balaban J connectivity index is 2.26. The van der Waals surface area contributed by atoms with Gasteiger partial charge in [0.2, 0.25) is 0 Å². The van der Waals surface area contributed by atoms with Crippen molar-refractivity contribution in [1.82, 2.24) is 4.98 Å². The number of aromatic amines is 1. The van der Waals surface area contributed by atoms with Crippen LogP contribution >= 0.6 is 0 Å². The molecule has 0 atom stereocenters. The Morgan fingerprint density at radius 2 is 2.05 bits per heavy atom. The summed E-state index contributed by atoms with van der Waals surface area (Å²) in [5, 5.41) is 8.96. The number of sulfonamides is 1. The van der Waals surface area contributed by atoms with E-state index in [0.29, 0.717) is 17.3 Å². The molecule has 1 aromatic carbocycles. The first-order valence-electron chi connectivity index (χ1n) is 6.33. The SMILES string of the molecule is CC(C)c1cccc(NS(=O)(=O)c2c[nH]c(CO)c2)c1. The minimum Gasteiger partial charge on any atom is -0.390 e. The van der Waals surface area contributed by atoms with E-state index in [4.69, 9.17) is 5.11 Å². The van der Waals surface area contributed by atoms with Gasteiger partial charge in [0.1, 0.15) is 4.90 Å². The second-order valence-electron chi connectivity index (χ2n) is 4.90. The van der Waals surface area contributed by atoms with E-state index in [9.17, 15) is 8.42 Å². The first kappa shape index (κ1) is 14.6. The molecule has 0 amide bonds. The Morgan fingerprint density at radius 3 is 2.65 bits per heavy atom. The van der Waals surface area contributed by atoms with Crippen LogP contribution in [0, 0.1) is 0 Å². The molecule has 0 unspecified atom stereocenters. The van der Waals surface area contributed by atoms with Crippen LogP contribution in [0.25, 0.3) is 0 Å². The molecule has 3 N–H and O–H groups in total. The van der Waals surface area contributed by atoms with Crippen molar-refractivity contribution >= 4 is 15.7 Å². The first-order valence-corrected chi connectivity index (χ1v) is 7.81. The highest BCUT2D eigenvalue weighted by Crippen LogP contribution is 2.21. The summed E-state index contributed by atoms with van der Waals surface area (Å²) in [7, 11) is -3.64. The molecule has 1 heterocycles. The smallest absolute Gasteiger partial charge is 0.263 e. The molecule has 5 nitrogen and oxygen atoms in total. The van der Waals surface area contributed by atoms with Crippen molar-refractivity contribution in [3.05, 3.63) is 47.8 Å². The Hall–Kier alpha value is -1.79. The van der Waals surface area contributed by atoms with E-state index in [1.54, 1.807) is 6.07 Å². The maximum atomic E-state index is 12.2. The van der Waals surface area contributed by atoms with Crippen LogP contribution in [-0.4, -0.2) is 18.5 Å². The molecule has 0 radical (unpaired) electrons. The van der Waals surface area contributed by atoms with Crippen LogP contribution in [0.5, 0.6) is 0 Å². The molecule has 108 valence electrons. The fourth-order valence-electron chi connectivity index (χ4n) is 1.84. The zero-order valence-electron chi connectivity index (χ0n) is 11.4. The number of aliphatic hydroxyl groups is 1. The number of hydrogen-bond acceptors (Lipinski definition) is 3. The molecular weight excluding hydrogens is 276 g/mol. The van der Waals surface area contributed by atoms with E-state index in [2.05, 4.69) is 9.71 Å². The van der Waals surface area contributed by atoms with Crippen molar-refractivity contribution < 1.29 is 13.5 Å². The van der Waals surface area contributed by atoms with Gasteiger partial charge in [-0.3, -0.25) is 4.72 Å². The van der Waals surface area contributed by atoms with Crippen LogP contribution in [0.3, 0.4) is 0 Å². The standard InChI is InChI=1S/C14H18N2O3S/c1-10(2)11-4-3-5-12(6-11)16-20(18,19)14-7-13(9-17)15-8-14/h3-8,10,15-17H,9H2,1-2H3. The second-order valence-corrected chi connectivity index (χ2v) is 6.59. The van der Waals surface area contributed by atoms with Gasteiger partial charge in [-0.1, -0.05) is 26.0 Å². The van der Waals surface area contributed by atoms with Crippen molar-refractivity contribution in [2.24, 2.45) is 0 Å². The number of nitrogens with one attached hydrogen (secondary N) is 2. The number of H-pyrrole nitrogens is 1. The molecule has 2 aromatic rings. The summed E-state index contributed by atoms with van der Waals surface area (Å²) in [5.74, 6) is 0.327. The average Bonchev–Trinajstić information content (AvgIpc) is 2.88. The lowest BCUT2D eigenvalue weighted by Gasteiger charge is -2.10.